The first-order valence-corrected chi connectivity index (χ1v) is 11.7. The Labute approximate surface area is 207 Å². The zero-order chi connectivity index (χ0) is 24.9. The van der Waals surface area contributed by atoms with Gasteiger partial charge in [-0.05, 0) is 24.6 Å². The number of hydrogen-bond acceptors (Lipinski definition) is 10. The van der Waals surface area contributed by atoms with Gasteiger partial charge in [0.05, 0.1) is 0 Å². The van der Waals surface area contributed by atoms with Crippen LogP contribution < -0.4 is 16.4 Å². The number of benzene rings is 2. The van der Waals surface area contributed by atoms with E-state index in [2.05, 4.69) is 27.0 Å². The molecular weight excluding hydrogens is 440 g/mol. The lowest BCUT2D eigenvalue weighted by molar-refractivity contribution is 0.417. The van der Waals surface area contributed by atoms with Crippen LogP contribution in [0.1, 0.15) is 18.9 Å². The summed E-state index contributed by atoms with van der Waals surface area (Å²) < 4.78 is 0. The molecule has 0 radical (unpaired) electrons. The van der Waals surface area contributed by atoms with Crippen LogP contribution >= 0.6 is 0 Å². The molecule has 0 saturated heterocycles. The first kappa shape index (κ1) is 24.1. The summed E-state index contributed by atoms with van der Waals surface area (Å²) in [4.78, 5) is 26.6. The third kappa shape index (κ3) is 5.53. The van der Waals surface area contributed by atoms with Crippen molar-refractivity contribution in [2.45, 2.75) is 32.2 Å². The van der Waals surface area contributed by atoms with Crippen LogP contribution in [0.3, 0.4) is 0 Å². The van der Waals surface area contributed by atoms with E-state index in [0.29, 0.717) is 31.4 Å². The summed E-state index contributed by atoms with van der Waals surface area (Å²) in [7, 11) is 5.87. The Bertz CT molecular complexity index is 1130. The molecule has 10 nitrogen and oxygen atoms in total. The van der Waals surface area contributed by atoms with Crippen molar-refractivity contribution in [1.82, 2.24) is 14.7 Å². The van der Waals surface area contributed by atoms with Crippen LogP contribution in [-0.4, -0.2) is 78.6 Å². The van der Waals surface area contributed by atoms with Crippen molar-refractivity contribution in [3.63, 3.8) is 0 Å². The number of anilines is 1. The smallest absolute Gasteiger partial charge is 0.209 e. The normalized spacial score (nSPS) is 20.0. The quantitative estimate of drug-likeness (QED) is 0.661. The average Bonchev–Trinajstić information content (AvgIpc) is 2.85. The number of nitrogens with two attached hydrogens (primary N) is 2. The van der Waals surface area contributed by atoms with Crippen molar-refractivity contribution in [2.75, 3.05) is 32.6 Å². The molecule has 2 aromatic rings. The number of guanidine groups is 4. The Kier molecular flexibility index (Phi) is 7.19. The molecule has 184 valence electrons. The van der Waals surface area contributed by atoms with Crippen molar-refractivity contribution < 1.29 is 0 Å². The number of aliphatic imine (C=N–C) groups is 4. The minimum atomic E-state index is -0.338. The van der Waals surface area contributed by atoms with Crippen molar-refractivity contribution in [3.05, 3.63) is 66.2 Å². The van der Waals surface area contributed by atoms with Crippen molar-refractivity contribution in [2.24, 2.45) is 31.4 Å². The van der Waals surface area contributed by atoms with Gasteiger partial charge in [0.25, 0.3) is 0 Å². The van der Waals surface area contributed by atoms with Gasteiger partial charge in [-0.25, -0.2) is 20.0 Å². The Morgan fingerprint density at radius 2 is 1.49 bits per heavy atom. The SMILES string of the molecule is CC1N=C(N)N(CCC2N=C(N)N(C)C(N(C)Cc3ccccc3)=N2)C(N(C)c2ccccc2)=N1. The average molecular weight is 475 g/mol. The van der Waals surface area contributed by atoms with E-state index in [1.807, 2.05) is 91.3 Å². The summed E-state index contributed by atoms with van der Waals surface area (Å²) >= 11 is 0. The monoisotopic (exact) mass is 474 g/mol. The lowest BCUT2D eigenvalue weighted by atomic mass is 10.2. The topological polar surface area (TPSA) is 114 Å². The Morgan fingerprint density at radius 1 is 0.829 bits per heavy atom. The van der Waals surface area contributed by atoms with Crippen LogP contribution in [0.5, 0.6) is 0 Å². The van der Waals surface area contributed by atoms with Crippen LogP contribution in [-0.2, 0) is 6.54 Å². The highest BCUT2D eigenvalue weighted by molar-refractivity contribution is 6.07. The molecule has 0 bridgehead atoms. The molecule has 2 atom stereocenters. The number of hydrogen-bond donors (Lipinski definition) is 2. The molecule has 2 unspecified atom stereocenters. The standard InChI is InChI=1S/C25H34N10/c1-18-28-23(27)35(25(29-18)33(3)20-13-9-6-10-14-20)16-15-21-30-22(26)34(4)24(31-21)32(2)17-19-11-7-5-8-12-19/h5-14,18,21H,15-17H2,1-4H3,(H2,26,30)(H2,27,28). The predicted octanol–water partition coefficient (Wildman–Crippen LogP) is 1.92. The summed E-state index contributed by atoms with van der Waals surface area (Å²) in [6.07, 6.45) is 0.0132. The van der Waals surface area contributed by atoms with Gasteiger partial charge in [0.1, 0.15) is 12.3 Å². The van der Waals surface area contributed by atoms with E-state index >= 15 is 0 Å². The number of rotatable bonds is 6. The fourth-order valence-electron chi connectivity index (χ4n) is 4.13. The summed E-state index contributed by atoms with van der Waals surface area (Å²) in [6.45, 7) is 3.18. The Balaban J connectivity index is 1.50. The van der Waals surface area contributed by atoms with Gasteiger partial charge in [0.15, 0.2) is 11.9 Å². The van der Waals surface area contributed by atoms with Gasteiger partial charge < -0.3 is 21.3 Å². The molecule has 4 rings (SSSR count). The van der Waals surface area contributed by atoms with Gasteiger partial charge in [-0.2, -0.15) is 0 Å². The lowest BCUT2D eigenvalue weighted by Gasteiger charge is -2.36. The molecule has 35 heavy (non-hydrogen) atoms. The highest BCUT2D eigenvalue weighted by Crippen LogP contribution is 2.19. The zero-order valence-electron chi connectivity index (χ0n) is 20.8. The molecule has 0 fully saturated rings. The molecule has 0 saturated carbocycles. The predicted molar refractivity (Wildman–Crippen MR) is 143 cm³/mol. The molecule has 10 heteroatoms. The van der Waals surface area contributed by atoms with Gasteiger partial charge in [-0.1, -0.05) is 48.5 Å². The molecular formula is C25H34N10. The van der Waals surface area contributed by atoms with Gasteiger partial charge >= 0.3 is 0 Å². The van der Waals surface area contributed by atoms with E-state index in [9.17, 15) is 0 Å². The van der Waals surface area contributed by atoms with Crippen molar-refractivity contribution in [1.29, 1.82) is 0 Å². The second-order valence-corrected chi connectivity index (χ2v) is 8.68. The molecule has 0 spiro atoms. The second-order valence-electron chi connectivity index (χ2n) is 8.68. The maximum absolute atomic E-state index is 6.36. The van der Waals surface area contributed by atoms with Gasteiger partial charge in [-0.3, -0.25) is 9.80 Å². The second kappa shape index (κ2) is 10.5. The van der Waals surface area contributed by atoms with Crippen molar-refractivity contribution >= 4 is 29.5 Å². The summed E-state index contributed by atoms with van der Waals surface area (Å²) in [6, 6.07) is 20.3. The fraction of sp³-hybridized carbons (Fsp3) is 0.360. The third-order valence-electron chi connectivity index (χ3n) is 5.99. The van der Waals surface area contributed by atoms with Crippen LogP contribution in [0, 0.1) is 0 Å². The van der Waals surface area contributed by atoms with Crippen LogP contribution in [0.15, 0.2) is 80.6 Å². The first-order valence-electron chi connectivity index (χ1n) is 11.7. The molecule has 2 aliphatic rings. The maximum atomic E-state index is 6.36. The number of para-hydroxylation sites is 1. The number of nitrogens with zero attached hydrogens (tertiary/aromatic N) is 8. The van der Waals surface area contributed by atoms with E-state index < -0.39 is 0 Å². The van der Waals surface area contributed by atoms with E-state index in [-0.39, 0.29) is 12.3 Å². The van der Waals surface area contributed by atoms with E-state index in [1.54, 1.807) is 0 Å². The fourth-order valence-corrected chi connectivity index (χ4v) is 4.13. The van der Waals surface area contributed by atoms with E-state index in [0.717, 1.165) is 17.6 Å². The highest BCUT2D eigenvalue weighted by Gasteiger charge is 2.28. The Morgan fingerprint density at radius 3 is 2.17 bits per heavy atom. The minimum Gasteiger partial charge on any atom is -0.369 e. The zero-order valence-corrected chi connectivity index (χ0v) is 20.8. The van der Waals surface area contributed by atoms with Crippen LogP contribution in [0.2, 0.25) is 0 Å². The van der Waals surface area contributed by atoms with Crippen LogP contribution in [0.25, 0.3) is 0 Å². The Hall–Kier alpha value is -4.08. The molecule has 0 amide bonds. The van der Waals surface area contributed by atoms with Gasteiger partial charge in [0.2, 0.25) is 11.9 Å². The summed E-state index contributed by atoms with van der Waals surface area (Å²) in [5.41, 5.74) is 14.8. The van der Waals surface area contributed by atoms with E-state index in [4.69, 9.17) is 21.5 Å². The van der Waals surface area contributed by atoms with Gasteiger partial charge in [0, 0.05) is 46.3 Å². The van der Waals surface area contributed by atoms with Crippen LogP contribution in [0.4, 0.5) is 5.69 Å². The molecule has 2 aliphatic heterocycles. The molecule has 2 aromatic carbocycles. The summed E-state index contributed by atoms with van der Waals surface area (Å²) in [5, 5.41) is 0. The minimum absolute atomic E-state index is 0.249. The highest BCUT2D eigenvalue weighted by atomic mass is 15.5. The summed E-state index contributed by atoms with van der Waals surface area (Å²) in [5.74, 6) is 2.38. The molecule has 0 aromatic heterocycles. The van der Waals surface area contributed by atoms with E-state index in [1.165, 1.54) is 5.56 Å². The lowest BCUT2D eigenvalue weighted by Crippen LogP contribution is -2.53. The maximum Gasteiger partial charge on any atom is 0.209 e. The van der Waals surface area contributed by atoms with Crippen molar-refractivity contribution in [3.8, 4) is 0 Å². The molecule has 4 N–H and O–H groups in total. The first-order chi connectivity index (χ1) is 16.8. The molecule has 0 aliphatic carbocycles. The third-order valence-corrected chi connectivity index (χ3v) is 5.99. The van der Waals surface area contributed by atoms with Gasteiger partial charge in [-0.15, -0.1) is 0 Å². The largest absolute Gasteiger partial charge is 0.369 e. The molecule has 2 heterocycles.